The lowest BCUT2D eigenvalue weighted by molar-refractivity contribution is -0.141. The number of hydrogen-bond donors (Lipinski definition) is 0. The van der Waals surface area contributed by atoms with Crippen LogP contribution in [0.5, 0.6) is 0 Å². The second-order valence-corrected chi connectivity index (χ2v) is 4.93. The molecule has 0 atom stereocenters. The van der Waals surface area contributed by atoms with Gasteiger partial charge in [0.15, 0.2) is 5.78 Å². The molecule has 0 aliphatic heterocycles. The highest BCUT2D eigenvalue weighted by Gasteiger charge is 2.37. The molecule has 1 fully saturated rings. The van der Waals surface area contributed by atoms with Crippen molar-refractivity contribution in [2.45, 2.75) is 64.9 Å². The number of rotatable bonds is 4. The van der Waals surface area contributed by atoms with Crippen LogP contribution in [0.4, 0.5) is 0 Å². The Hall–Kier alpha value is -0.630. The first kappa shape index (κ1) is 13.4. The number of carbonyl (C=O) groups excluding carboxylic acids is 1. The topological polar surface area (TPSA) is 26.3 Å². The highest BCUT2D eigenvalue weighted by atomic mass is 16.5. The molecule has 0 bridgehead atoms. The van der Waals surface area contributed by atoms with E-state index in [2.05, 4.69) is 0 Å². The molecule has 0 saturated heterocycles. The maximum Gasteiger partial charge on any atom is 0.187 e. The van der Waals surface area contributed by atoms with Crippen molar-refractivity contribution in [3.05, 3.63) is 11.6 Å². The molecule has 2 heteroatoms. The Morgan fingerprint density at radius 2 is 1.75 bits per heavy atom. The van der Waals surface area contributed by atoms with Crippen molar-refractivity contribution in [1.82, 2.24) is 0 Å². The van der Waals surface area contributed by atoms with Crippen LogP contribution in [-0.4, -0.2) is 18.0 Å². The summed E-state index contributed by atoms with van der Waals surface area (Å²) in [6.45, 7) is 6.53. The van der Waals surface area contributed by atoms with E-state index in [4.69, 9.17) is 4.74 Å². The van der Waals surface area contributed by atoms with Crippen LogP contribution in [0.2, 0.25) is 0 Å². The van der Waals surface area contributed by atoms with Gasteiger partial charge in [0.1, 0.15) is 5.60 Å². The van der Waals surface area contributed by atoms with Gasteiger partial charge in [-0.05, 0) is 39.7 Å². The Balaban J connectivity index is 2.84. The molecule has 0 heterocycles. The van der Waals surface area contributed by atoms with E-state index in [1.807, 2.05) is 20.8 Å². The highest BCUT2D eigenvalue weighted by molar-refractivity contribution is 5.97. The van der Waals surface area contributed by atoms with Gasteiger partial charge in [-0.2, -0.15) is 0 Å². The number of carbonyl (C=O) groups is 1. The molecule has 92 valence electrons. The Morgan fingerprint density at radius 1 is 1.19 bits per heavy atom. The summed E-state index contributed by atoms with van der Waals surface area (Å²) in [5.74, 6) is 0.177. The minimum Gasteiger partial charge on any atom is -0.367 e. The van der Waals surface area contributed by atoms with E-state index < -0.39 is 5.60 Å². The zero-order valence-corrected chi connectivity index (χ0v) is 10.8. The van der Waals surface area contributed by atoms with E-state index in [0.717, 1.165) is 31.3 Å². The summed E-state index contributed by atoms with van der Waals surface area (Å²) >= 11 is 0. The van der Waals surface area contributed by atoms with Crippen LogP contribution >= 0.6 is 0 Å². The summed E-state index contributed by atoms with van der Waals surface area (Å²) < 4.78 is 5.82. The quantitative estimate of drug-likeness (QED) is 0.538. The summed E-state index contributed by atoms with van der Waals surface area (Å²) in [4.78, 5) is 12.3. The molecule has 0 aromatic rings. The first-order chi connectivity index (χ1) is 7.60. The second kappa shape index (κ2) is 6.19. The largest absolute Gasteiger partial charge is 0.367 e. The van der Waals surface area contributed by atoms with Gasteiger partial charge < -0.3 is 4.74 Å². The molecule has 0 unspecified atom stereocenters. The molecule has 0 amide bonds. The number of ketones is 1. The van der Waals surface area contributed by atoms with Gasteiger partial charge in [0, 0.05) is 6.61 Å². The molecule has 0 aromatic heterocycles. The fourth-order valence-corrected chi connectivity index (χ4v) is 2.43. The van der Waals surface area contributed by atoms with Crippen LogP contribution in [0.3, 0.4) is 0 Å². The Labute approximate surface area is 99.1 Å². The first-order valence-corrected chi connectivity index (χ1v) is 6.44. The molecule has 1 rings (SSSR count). The molecule has 0 N–H and O–H groups in total. The Bertz CT molecular complexity index is 254. The van der Waals surface area contributed by atoms with E-state index in [1.54, 1.807) is 6.08 Å². The molecule has 1 aliphatic rings. The molecule has 2 nitrogen and oxygen atoms in total. The van der Waals surface area contributed by atoms with Gasteiger partial charge >= 0.3 is 0 Å². The lowest BCUT2D eigenvalue weighted by Crippen LogP contribution is -2.40. The van der Waals surface area contributed by atoms with Crippen molar-refractivity contribution in [2.24, 2.45) is 0 Å². The average molecular weight is 224 g/mol. The second-order valence-electron chi connectivity index (χ2n) is 4.93. The minimum atomic E-state index is -0.511. The van der Waals surface area contributed by atoms with Gasteiger partial charge in [0.05, 0.1) is 0 Å². The third kappa shape index (κ3) is 3.44. The van der Waals surface area contributed by atoms with Gasteiger partial charge in [-0.1, -0.05) is 31.3 Å². The first-order valence-electron chi connectivity index (χ1n) is 6.44. The Morgan fingerprint density at radius 3 is 2.19 bits per heavy atom. The van der Waals surface area contributed by atoms with Crippen molar-refractivity contribution in [2.75, 3.05) is 6.61 Å². The molecular weight excluding hydrogens is 200 g/mol. The van der Waals surface area contributed by atoms with Crippen molar-refractivity contribution in [3.63, 3.8) is 0 Å². The van der Waals surface area contributed by atoms with E-state index >= 15 is 0 Å². The summed E-state index contributed by atoms with van der Waals surface area (Å²) in [5.41, 5.74) is 0.552. The lowest BCUT2D eigenvalue weighted by Gasteiger charge is -2.30. The van der Waals surface area contributed by atoms with E-state index in [9.17, 15) is 4.79 Å². The van der Waals surface area contributed by atoms with E-state index in [0.29, 0.717) is 6.61 Å². The smallest absolute Gasteiger partial charge is 0.187 e. The molecule has 1 aliphatic carbocycles. The number of allylic oxidation sites excluding steroid dienone is 1. The molecule has 0 aromatic carbocycles. The predicted octanol–water partition coefficient (Wildman–Crippen LogP) is 3.65. The zero-order chi connectivity index (χ0) is 12.0. The van der Waals surface area contributed by atoms with Crippen LogP contribution in [-0.2, 0) is 9.53 Å². The minimum absolute atomic E-state index is 0.177. The molecule has 1 saturated carbocycles. The monoisotopic (exact) mass is 224 g/mol. The fraction of sp³-hybridized carbons (Fsp3) is 0.786. The third-order valence-corrected chi connectivity index (χ3v) is 3.20. The van der Waals surface area contributed by atoms with Gasteiger partial charge in [-0.3, -0.25) is 4.79 Å². The number of hydrogen-bond acceptors (Lipinski definition) is 2. The molecule has 0 radical (unpaired) electrons. The van der Waals surface area contributed by atoms with E-state index in [1.165, 1.54) is 12.8 Å². The normalized spacial score (nSPS) is 19.9. The van der Waals surface area contributed by atoms with Crippen LogP contribution in [0.25, 0.3) is 0 Å². The predicted molar refractivity (Wildman–Crippen MR) is 66.5 cm³/mol. The standard InChI is InChI=1S/C14H24O2/c1-4-16-14(13(15)11-12(2)3)9-7-5-6-8-10-14/h11H,4-10H2,1-3H3. The van der Waals surface area contributed by atoms with Gasteiger partial charge in [-0.15, -0.1) is 0 Å². The summed E-state index contributed by atoms with van der Waals surface area (Å²) in [6.07, 6.45) is 8.23. The molecule has 16 heavy (non-hydrogen) atoms. The number of ether oxygens (including phenoxy) is 1. The summed E-state index contributed by atoms with van der Waals surface area (Å²) in [6, 6.07) is 0. The van der Waals surface area contributed by atoms with E-state index in [-0.39, 0.29) is 5.78 Å². The van der Waals surface area contributed by atoms with Crippen molar-refractivity contribution >= 4 is 5.78 Å². The average Bonchev–Trinajstić information content (AvgIpc) is 2.44. The maximum absolute atomic E-state index is 12.3. The summed E-state index contributed by atoms with van der Waals surface area (Å²) in [7, 11) is 0. The maximum atomic E-state index is 12.3. The zero-order valence-electron chi connectivity index (χ0n) is 10.8. The lowest BCUT2D eigenvalue weighted by atomic mass is 9.88. The SMILES string of the molecule is CCOC1(C(=O)C=C(C)C)CCCCCC1. The van der Waals surface area contributed by atoms with Crippen LogP contribution in [0.15, 0.2) is 11.6 Å². The van der Waals surface area contributed by atoms with Crippen LogP contribution < -0.4 is 0 Å². The highest BCUT2D eigenvalue weighted by Crippen LogP contribution is 2.32. The van der Waals surface area contributed by atoms with Crippen molar-refractivity contribution in [3.8, 4) is 0 Å². The molecular formula is C14H24O2. The fourth-order valence-electron chi connectivity index (χ4n) is 2.43. The third-order valence-electron chi connectivity index (χ3n) is 3.20. The van der Waals surface area contributed by atoms with Crippen LogP contribution in [0.1, 0.15) is 59.3 Å². The van der Waals surface area contributed by atoms with Crippen LogP contribution in [0, 0.1) is 0 Å². The van der Waals surface area contributed by atoms with Gasteiger partial charge in [0.2, 0.25) is 0 Å². The van der Waals surface area contributed by atoms with Crippen molar-refractivity contribution in [1.29, 1.82) is 0 Å². The molecule has 0 spiro atoms. The summed E-state index contributed by atoms with van der Waals surface area (Å²) in [5, 5.41) is 0. The Kier molecular flexibility index (Phi) is 5.20. The van der Waals surface area contributed by atoms with Gasteiger partial charge in [-0.25, -0.2) is 0 Å². The van der Waals surface area contributed by atoms with Gasteiger partial charge in [0.25, 0.3) is 0 Å². The van der Waals surface area contributed by atoms with Crippen molar-refractivity contribution < 1.29 is 9.53 Å².